The van der Waals surface area contributed by atoms with Crippen LogP contribution in [0.1, 0.15) is 5.56 Å². The second-order valence-electron chi connectivity index (χ2n) is 3.00. The first-order valence-electron chi connectivity index (χ1n) is 4.53. The number of aromatic nitrogens is 2. The van der Waals surface area contributed by atoms with Crippen LogP contribution in [-0.4, -0.2) is 9.97 Å². The van der Waals surface area contributed by atoms with E-state index in [4.69, 9.17) is 5.26 Å². The Bertz CT molecular complexity index is 548. The maximum Gasteiger partial charge on any atom is 0.147 e. The number of benzene rings is 1. The fourth-order valence-electron chi connectivity index (χ4n) is 1.22. The predicted molar refractivity (Wildman–Crippen MR) is 69.2 cm³/mol. The summed E-state index contributed by atoms with van der Waals surface area (Å²) in [7, 11) is 0. The topological polar surface area (TPSA) is 61.6 Å². The molecular weight excluding hydrogens is 315 g/mol. The quantitative estimate of drug-likeness (QED) is 0.864. The van der Waals surface area contributed by atoms with Gasteiger partial charge in [-0.3, -0.25) is 0 Å². The van der Waals surface area contributed by atoms with Crippen molar-refractivity contribution < 1.29 is 0 Å². The molecule has 1 heterocycles. The van der Waals surface area contributed by atoms with E-state index in [1.54, 1.807) is 12.3 Å². The fraction of sp³-hybridized carbons (Fsp3) is 0. The number of hydrogen-bond donors (Lipinski definition) is 1. The third-order valence-electron chi connectivity index (χ3n) is 1.97. The number of halogens is 1. The van der Waals surface area contributed by atoms with E-state index >= 15 is 0 Å². The number of nitriles is 1. The molecule has 0 atom stereocenters. The molecule has 0 spiro atoms. The Labute approximate surface area is 106 Å². The molecule has 0 aliphatic rings. The SMILES string of the molecule is N#Cc1ccccc1Nc1ncncc1I. The normalized spacial score (nSPS) is 9.50. The number of hydrogen-bond acceptors (Lipinski definition) is 4. The first-order chi connectivity index (χ1) is 7.81. The molecule has 1 N–H and O–H groups in total. The Hall–Kier alpha value is -1.68. The van der Waals surface area contributed by atoms with Crippen molar-refractivity contribution in [1.82, 2.24) is 9.97 Å². The highest BCUT2D eigenvalue weighted by Crippen LogP contribution is 2.21. The summed E-state index contributed by atoms with van der Waals surface area (Å²) < 4.78 is 0.910. The van der Waals surface area contributed by atoms with Gasteiger partial charge >= 0.3 is 0 Å². The molecule has 78 valence electrons. The van der Waals surface area contributed by atoms with Crippen molar-refractivity contribution in [3.63, 3.8) is 0 Å². The highest BCUT2D eigenvalue weighted by molar-refractivity contribution is 14.1. The van der Waals surface area contributed by atoms with Gasteiger partial charge in [-0.2, -0.15) is 5.26 Å². The summed E-state index contributed by atoms with van der Waals surface area (Å²) in [6.07, 6.45) is 3.18. The molecule has 5 heteroatoms. The van der Waals surface area contributed by atoms with E-state index in [2.05, 4.69) is 43.9 Å². The molecular formula is C11H7IN4. The number of anilines is 2. The molecule has 0 amide bonds. The fourth-order valence-corrected chi connectivity index (χ4v) is 1.66. The van der Waals surface area contributed by atoms with Gasteiger partial charge in [-0.15, -0.1) is 0 Å². The van der Waals surface area contributed by atoms with Gasteiger partial charge < -0.3 is 5.32 Å². The lowest BCUT2D eigenvalue weighted by atomic mass is 10.2. The van der Waals surface area contributed by atoms with Crippen LogP contribution in [0.3, 0.4) is 0 Å². The Morgan fingerprint density at radius 3 is 2.88 bits per heavy atom. The molecule has 0 aliphatic carbocycles. The number of rotatable bonds is 2. The molecule has 2 aromatic rings. The summed E-state index contributed by atoms with van der Waals surface area (Å²) in [4.78, 5) is 8.02. The van der Waals surface area contributed by atoms with E-state index in [1.165, 1.54) is 6.33 Å². The first kappa shape index (κ1) is 10.8. The Morgan fingerprint density at radius 2 is 2.12 bits per heavy atom. The van der Waals surface area contributed by atoms with Gasteiger partial charge in [-0.05, 0) is 34.7 Å². The van der Waals surface area contributed by atoms with Crippen LogP contribution in [-0.2, 0) is 0 Å². The zero-order valence-electron chi connectivity index (χ0n) is 8.18. The predicted octanol–water partition coefficient (Wildman–Crippen LogP) is 2.70. The zero-order valence-corrected chi connectivity index (χ0v) is 10.3. The Kier molecular flexibility index (Phi) is 3.31. The van der Waals surface area contributed by atoms with Crippen molar-refractivity contribution in [3.05, 3.63) is 45.9 Å². The zero-order chi connectivity index (χ0) is 11.4. The van der Waals surface area contributed by atoms with Crippen molar-refractivity contribution in [3.8, 4) is 6.07 Å². The van der Waals surface area contributed by atoms with Crippen LogP contribution in [0.15, 0.2) is 36.8 Å². The first-order valence-corrected chi connectivity index (χ1v) is 5.61. The van der Waals surface area contributed by atoms with E-state index < -0.39 is 0 Å². The number of para-hydroxylation sites is 1. The summed E-state index contributed by atoms with van der Waals surface area (Å²) in [6.45, 7) is 0. The monoisotopic (exact) mass is 322 g/mol. The van der Waals surface area contributed by atoms with Crippen molar-refractivity contribution in [1.29, 1.82) is 5.26 Å². The molecule has 1 aromatic carbocycles. The Balaban J connectivity index is 2.35. The smallest absolute Gasteiger partial charge is 0.147 e. The second kappa shape index (κ2) is 4.90. The summed E-state index contributed by atoms with van der Waals surface area (Å²) in [6, 6.07) is 9.43. The average Bonchev–Trinajstić information content (AvgIpc) is 2.33. The van der Waals surface area contributed by atoms with Crippen molar-refractivity contribution in [2.24, 2.45) is 0 Å². The molecule has 16 heavy (non-hydrogen) atoms. The van der Waals surface area contributed by atoms with Crippen LogP contribution in [0.5, 0.6) is 0 Å². The number of nitrogens with zero attached hydrogens (tertiary/aromatic N) is 3. The summed E-state index contributed by atoms with van der Waals surface area (Å²) >= 11 is 2.14. The number of nitrogens with one attached hydrogen (secondary N) is 1. The van der Waals surface area contributed by atoms with E-state index in [1.807, 2.05) is 18.2 Å². The van der Waals surface area contributed by atoms with Gasteiger partial charge in [0.05, 0.1) is 14.8 Å². The van der Waals surface area contributed by atoms with Crippen LogP contribution in [0.2, 0.25) is 0 Å². The lowest BCUT2D eigenvalue weighted by molar-refractivity contribution is 1.15. The van der Waals surface area contributed by atoms with Gasteiger partial charge in [0.1, 0.15) is 18.2 Å². The minimum absolute atomic E-state index is 0.594. The van der Waals surface area contributed by atoms with Gasteiger partial charge in [0.15, 0.2) is 0 Å². The molecule has 0 unspecified atom stereocenters. The minimum atomic E-state index is 0.594. The molecule has 0 fully saturated rings. The molecule has 0 radical (unpaired) electrons. The van der Waals surface area contributed by atoms with Crippen molar-refractivity contribution in [2.75, 3.05) is 5.32 Å². The van der Waals surface area contributed by atoms with E-state index in [0.29, 0.717) is 11.4 Å². The average molecular weight is 322 g/mol. The minimum Gasteiger partial charge on any atom is -0.338 e. The lowest BCUT2D eigenvalue weighted by Crippen LogP contribution is -1.98. The summed E-state index contributed by atoms with van der Waals surface area (Å²) in [5.74, 6) is 0.707. The van der Waals surface area contributed by atoms with Gasteiger partial charge in [0.25, 0.3) is 0 Å². The maximum atomic E-state index is 8.94. The van der Waals surface area contributed by atoms with Crippen LogP contribution < -0.4 is 5.32 Å². The van der Waals surface area contributed by atoms with E-state index in [0.717, 1.165) is 9.26 Å². The van der Waals surface area contributed by atoms with E-state index in [-0.39, 0.29) is 0 Å². The second-order valence-corrected chi connectivity index (χ2v) is 4.16. The lowest BCUT2D eigenvalue weighted by Gasteiger charge is -2.07. The largest absolute Gasteiger partial charge is 0.338 e. The highest BCUT2D eigenvalue weighted by atomic mass is 127. The summed E-state index contributed by atoms with van der Waals surface area (Å²) in [5, 5.41) is 12.1. The highest BCUT2D eigenvalue weighted by Gasteiger charge is 2.04. The molecule has 4 nitrogen and oxygen atoms in total. The van der Waals surface area contributed by atoms with Gasteiger partial charge in [-0.25, -0.2) is 9.97 Å². The van der Waals surface area contributed by atoms with Crippen LogP contribution in [0, 0.1) is 14.9 Å². The van der Waals surface area contributed by atoms with E-state index in [9.17, 15) is 0 Å². The molecule has 0 aliphatic heterocycles. The van der Waals surface area contributed by atoms with Gasteiger partial charge in [0, 0.05) is 6.20 Å². The third-order valence-corrected chi connectivity index (χ3v) is 2.76. The van der Waals surface area contributed by atoms with Crippen LogP contribution in [0.25, 0.3) is 0 Å². The van der Waals surface area contributed by atoms with Gasteiger partial charge in [0.2, 0.25) is 0 Å². The van der Waals surface area contributed by atoms with Crippen molar-refractivity contribution >= 4 is 34.1 Å². The third kappa shape index (κ3) is 2.28. The molecule has 0 saturated carbocycles. The van der Waals surface area contributed by atoms with Crippen LogP contribution >= 0.6 is 22.6 Å². The standard InChI is InChI=1S/C11H7IN4/c12-9-6-14-7-15-11(9)16-10-4-2-1-3-8(10)5-13/h1-4,6-7H,(H,14,15,16). The van der Waals surface area contributed by atoms with Crippen molar-refractivity contribution in [2.45, 2.75) is 0 Å². The Morgan fingerprint density at radius 1 is 1.31 bits per heavy atom. The molecule has 2 rings (SSSR count). The van der Waals surface area contributed by atoms with Crippen LogP contribution in [0.4, 0.5) is 11.5 Å². The molecule has 0 saturated heterocycles. The molecule has 0 bridgehead atoms. The molecule has 1 aromatic heterocycles. The van der Waals surface area contributed by atoms with Gasteiger partial charge in [-0.1, -0.05) is 12.1 Å². The maximum absolute atomic E-state index is 8.94. The summed E-state index contributed by atoms with van der Waals surface area (Å²) in [5.41, 5.74) is 1.35.